The summed E-state index contributed by atoms with van der Waals surface area (Å²) in [5.41, 5.74) is -0.00677. The minimum atomic E-state index is -4.56. The topological polar surface area (TPSA) is 121 Å². The number of phenolic OH excluding ortho intramolecular Hbond substituents is 1. The zero-order valence-corrected chi connectivity index (χ0v) is 11.4. The summed E-state index contributed by atoms with van der Waals surface area (Å²) in [7, 11) is -4.56. The fourth-order valence-corrected chi connectivity index (χ4v) is 1.56. The number of carboxylic acids is 1. The molecule has 0 bridgehead atoms. The summed E-state index contributed by atoms with van der Waals surface area (Å²) in [5, 5.41) is 17.1. The van der Waals surface area contributed by atoms with Gasteiger partial charge in [0.2, 0.25) is 0 Å². The molecule has 3 N–H and O–H groups in total. The number of rotatable bonds is 3. The molecule has 0 saturated carbocycles. The van der Waals surface area contributed by atoms with Crippen molar-refractivity contribution in [2.45, 2.75) is 0 Å². The summed E-state index contributed by atoms with van der Waals surface area (Å²) < 4.78 is 32.8. The first-order valence-corrected chi connectivity index (χ1v) is 6.89. The van der Waals surface area contributed by atoms with Crippen molar-refractivity contribution in [3.63, 3.8) is 0 Å². The van der Waals surface area contributed by atoms with Gasteiger partial charge in [-0.3, -0.25) is 4.55 Å². The highest BCUT2D eigenvalue weighted by molar-refractivity contribution is 7.81. The van der Waals surface area contributed by atoms with Crippen molar-refractivity contribution >= 4 is 16.4 Å². The second-order valence-corrected chi connectivity index (χ2v) is 4.70. The highest BCUT2D eigenvalue weighted by atomic mass is 32.3. The molecule has 0 amide bonds. The maximum absolute atomic E-state index is 10.4. The van der Waals surface area contributed by atoms with Crippen LogP contribution in [-0.4, -0.2) is 29.2 Å². The van der Waals surface area contributed by atoms with Crippen LogP contribution in [0.4, 0.5) is 0 Å². The number of hydrogen-bond donors (Lipinski definition) is 3. The van der Waals surface area contributed by atoms with Crippen LogP contribution in [0.1, 0.15) is 10.4 Å². The fourth-order valence-electron chi connectivity index (χ4n) is 1.20. The Morgan fingerprint density at radius 1 is 0.952 bits per heavy atom. The molecule has 8 heteroatoms. The van der Waals surface area contributed by atoms with E-state index in [2.05, 4.69) is 4.18 Å². The van der Waals surface area contributed by atoms with Crippen molar-refractivity contribution in [1.82, 2.24) is 0 Å². The Bertz CT molecular complexity index is 678. The van der Waals surface area contributed by atoms with Crippen molar-refractivity contribution in [2.24, 2.45) is 0 Å². The number of aromatic hydroxyl groups is 1. The molecule has 21 heavy (non-hydrogen) atoms. The molecule has 0 heterocycles. The molecule has 0 aromatic heterocycles. The van der Waals surface area contributed by atoms with Gasteiger partial charge in [-0.1, -0.05) is 18.2 Å². The second kappa shape index (κ2) is 7.27. The third-order valence-electron chi connectivity index (χ3n) is 2.06. The van der Waals surface area contributed by atoms with E-state index in [4.69, 9.17) is 14.8 Å². The van der Waals surface area contributed by atoms with Crippen LogP contribution in [-0.2, 0) is 10.4 Å². The first-order valence-electron chi connectivity index (χ1n) is 5.52. The molecule has 112 valence electrons. The van der Waals surface area contributed by atoms with Gasteiger partial charge in [0, 0.05) is 0 Å². The van der Waals surface area contributed by atoms with E-state index >= 15 is 0 Å². The number of phenols is 1. The number of para-hydroxylation sites is 1. The number of hydrogen-bond acceptors (Lipinski definition) is 5. The molecule has 7 nitrogen and oxygen atoms in total. The number of carbonyl (C=O) groups is 1. The van der Waals surface area contributed by atoms with Gasteiger partial charge in [-0.15, -0.1) is 0 Å². The maximum atomic E-state index is 10.4. The van der Waals surface area contributed by atoms with E-state index in [1.54, 1.807) is 24.3 Å². The van der Waals surface area contributed by atoms with Crippen LogP contribution < -0.4 is 4.18 Å². The minimum Gasteiger partial charge on any atom is -0.508 e. The normalized spacial score (nSPS) is 10.1. The smallest absolute Gasteiger partial charge is 0.446 e. The van der Waals surface area contributed by atoms with Crippen LogP contribution in [0.25, 0.3) is 0 Å². The van der Waals surface area contributed by atoms with Gasteiger partial charge in [-0.2, -0.15) is 8.42 Å². The minimum absolute atomic E-state index is 0.00677. The van der Waals surface area contributed by atoms with E-state index in [0.717, 1.165) is 24.3 Å². The Morgan fingerprint density at radius 2 is 1.48 bits per heavy atom. The molecule has 2 aromatic carbocycles. The highest BCUT2D eigenvalue weighted by Gasteiger charge is 2.07. The summed E-state index contributed by atoms with van der Waals surface area (Å²) in [6, 6.07) is 13.3. The average Bonchev–Trinajstić information content (AvgIpc) is 2.39. The predicted octanol–water partition coefficient (Wildman–Crippen LogP) is 1.96. The first kappa shape index (κ1) is 16.5. The summed E-state index contributed by atoms with van der Waals surface area (Å²) in [6.45, 7) is 0. The molecule has 0 radical (unpaired) electrons. The predicted molar refractivity (Wildman–Crippen MR) is 73.7 cm³/mol. The van der Waals surface area contributed by atoms with E-state index in [9.17, 15) is 13.2 Å². The molecule has 2 aromatic rings. The van der Waals surface area contributed by atoms with Gasteiger partial charge in [-0.05, 0) is 36.4 Å². The summed E-state index contributed by atoms with van der Waals surface area (Å²) in [5.74, 6) is -0.969. The fraction of sp³-hybridized carbons (Fsp3) is 0. The summed E-state index contributed by atoms with van der Waals surface area (Å²) in [6.07, 6.45) is 0. The quantitative estimate of drug-likeness (QED) is 0.740. The zero-order valence-electron chi connectivity index (χ0n) is 10.6. The molecule has 0 unspecified atom stereocenters. The standard InChI is InChI=1S/C7H6O6S.C6H6O/c8-7(9)5-1-3-6(4-2-5)13-14(10,11)12;7-6-4-2-1-3-5-6/h1-4H,(H,8,9)(H,10,11,12);1-5,7H. The molecular weight excluding hydrogens is 300 g/mol. The second-order valence-electron chi connectivity index (χ2n) is 3.68. The summed E-state index contributed by atoms with van der Waals surface area (Å²) in [4.78, 5) is 10.4. The Kier molecular flexibility index (Phi) is 5.70. The van der Waals surface area contributed by atoms with E-state index in [0.29, 0.717) is 5.75 Å². The third kappa shape index (κ3) is 6.95. The monoisotopic (exact) mass is 312 g/mol. The van der Waals surface area contributed by atoms with E-state index in [-0.39, 0.29) is 11.3 Å². The largest absolute Gasteiger partial charge is 0.508 e. The van der Waals surface area contributed by atoms with Crippen LogP contribution in [0, 0.1) is 0 Å². The van der Waals surface area contributed by atoms with E-state index in [1.807, 2.05) is 6.07 Å². The van der Waals surface area contributed by atoms with Crippen LogP contribution in [0.2, 0.25) is 0 Å². The van der Waals surface area contributed by atoms with Gasteiger partial charge in [-0.25, -0.2) is 4.79 Å². The van der Waals surface area contributed by atoms with Crippen molar-refractivity contribution in [2.75, 3.05) is 0 Å². The van der Waals surface area contributed by atoms with Crippen LogP contribution >= 0.6 is 0 Å². The molecule has 0 atom stereocenters. The number of benzene rings is 2. The lowest BCUT2D eigenvalue weighted by Gasteiger charge is -2.00. The lowest BCUT2D eigenvalue weighted by molar-refractivity contribution is 0.0697. The van der Waals surface area contributed by atoms with Crippen molar-refractivity contribution < 1.29 is 32.2 Å². The Hall–Kier alpha value is -2.58. The lowest BCUT2D eigenvalue weighted by atomic mass is 10.2. The van der Waals surface area contributed by atoms with Crippen molar-refractivity contribution in [3.8, 4) is 11.5 Å². The van der Waals surface area contributed by atoms with E-state index in [1.165, 1.54) is 0 Å². The molecule has 0 aliphatic carbocycles. The third-order valence-corrected chi connectivity index (χ3v) is 2.46. The number of carboxylic acid groups (broad SMARTS) is 1. The Labute approximate surface area is 121 Å². The number of aromatic carboxylic acids is 1. The van der Waals surface area contributed by atoms with Crippen LogP contribution in [0.5, 0.6) is 11.5 Å². The van der Waals surface area contributed by atoms with Crippen LogP contribution in [0.15, 0.2) is 54.6 Å². The van der Waals surface area contributed by atoms with Gasteiger partial charge in [0.15, 0.2) is 0 Å². The Balaban J connectivity index is 0.000000262. The molecule has 0 aliphatic rings. The molecule has 0 saturated heterocycles. The van der Waals surface area contributed by atoms with Crippen molar-refractivity contribution in [3.05, 3.63) is 60.2 Å². The molecule has 0 aliphatic heterocycles. The molecule has 0 fully saturated rings. The van der Waals surface area contributed by atoms with Gasteiger partial charge in [0.1, 0.15) is 11.5 Å². The van der Waals surface area contributed by atoms with E-state index < -0.39 is 16.4 Å². The molecule has 0 spiro atoms. The first-order chi connectivity index (χ1) is 9.78. The van der Waals surface area contributed by atoms with Gasteiger partial charge >= 0.3 is 16.4 Å². The average molecular weight is 312 g/mol. The van der Waals surface area contributed by atoms with Crippen molar-refractivity contribution in [1.29, 1.82) is 0 Å². The van der Waals surface area contributed by atoms with Gasteiger partial charge in [0.05, 0.1) is 5.56 Å². The maximum Gasteiger partial charge on any atom is 0.446 e. The van der Waals surface area contributed by atoms with Gasteiger partial charge < -0.3 is 14.4 Å². The SMILES string of the molecule is O=C(O)c1ccc(OS(=O)(=O)O)cc1.Oc1ccccc1. The molecule has 2 rings (SSSR count). The lowest BCUT2D eigenvalue weighted by Crippen LogP contribution is -2.06. The summed E-state index contributed by atoms with van der Waals surface area (Å²) >= 11 is 0. The Morgan fingerprint density at radius 3 is 1.81 bits per heavy atom. The molecular formula is C13H12O7S. The van der Waals surface area contributed by atoms with Crippen LogP contribution in [0.3, 0.4) is 0 Å². The zero-order chi connectivity index (χ0) is 15.9. The van der Waals surface area contributed by atoms with Gasteiger partial charge in [0.25, 0.3) is 0 Å². The highest BCUT2D eigenvalue weighted by Crippen LogP contribution is 2.13.